The summed E-state index contributed by atoms with van der Waals surface area (Å²) < 4.78 is 43.7. The average molecular weight is 288 g/mol. The van der Waals surface area contributed by atoms with Crippen molar-refractivity contribution >= 4 is 11.7 Å². The Bertz CT molecular complexity index is 497. The van der Waals surface area contributed by atoms with E-state index < -0.39 is 17.8 Å². The van der Waals surface area contributed by atoms with Gasteiger partial charge in [0.15, 0.2) is 0 Å². The standard InChI is InChI=1S/C13H15F3N2O2/c1-20-9-4-5-11(10(8-9)13(14,15)16)17-12(19)18-6-2-3-7-18/h4-5,8H,2-3,6-7H2,1H3,(H,17,19). The molecule has 0 saturated carbocycles. The van der Waals surface area contributed by atoms with Crippen LogP contribution in [0.3, 0.4) is 0 Å². The van der Waals surface area contributed by atoms with Crippen LogP contribution in [0.1, 0.15) is 18.4 Å². The smallest absolute Gasteiger partial charge is 0.418 e. The highest BCUT2D eigenvalue weighted by atomic mass is 19.4. The van der Waals surface area contributed by atoms with E-state index in [2.05, 4.69) is 5.32 Å². The molecule has 4 nitrogen and oxygen atoms in total. The summed E-state index contributed by atoms with van der Waals surface area (Å²) >= 11 is 0. The molecule has 1 aromatic rings. The molecule has 0 radical (unpaired) electrons. The topological polar surface area (TPSA) is 41.6 Å². The highest BCUT2D eigenvalue weighted by molar-refractivity contribution is 5.90. The minimum Gasteiger partial charge on any atom is -0.497 e. The fraction of sp³-hybridized carbons (Fsp3) is 0.462. The number of carbonyl (C=O) groups excluding carboxylic acids is 1. The van der Waals surface area contributed by atoms with Gasteiger partial charge in [0.2, 0.25) is 0 Å². The molecule has 1 aliphatic rings. The van der Waals surface area contributed by atoms with Crippen LogP contribution in [0.25, 0.3) is 0 Å². The molecule has 0 unspecified atom stereocenters. The molecule has 1 heterocycles. The molecule has 0 atom stereocenters. The first-order valence-corrected chi connectivity index (χ1v) is 6.23. The number of hydrogen-bond acceptors (Lipinski definition) is 2. The first kappa shape index (κ1) is 14.5. The summed E-state index contributed by atoms with van der Waals surface area (Å²) in [6.07, 6.45) is -2.80. The normalized spacial score (nSPS) is 15.3. The second-order valence-corrected chi connectivity index (χ2v) is 4.53. The van der Waals surface area contributed by atoms with E-state index in [0.717, 1.165) is 18.9 Å². The molecular weight excluding hydrogens is 273 g/mol. The molecule has 110 valence electrons. The summed E-state index contributed by atoms with van der Waals surface area (Å²) in [5.41, 5.74) is -1.17. The fourth-order valence-electron chi connectivity index (χ4n) is 2.11. The van der Waals surface area contributed by atoms with E-state index in [0.29, 0.717) is 13.1 Å². The first-order valence-electron chi connectivity index (χ1n) is 6.23. The molecule has 7 heteroatoms. The molecule has 0 bridgehead atoms. The Morgan fingerprint density at radius 2 is 1.95 bits per heavy atom. The summed E-state index contributed by atoms with van der Waals surface area (Å²) in [6, 6.07) is 2.96. The first-order chi connectivity index (χ1) is 9.41. The zero-order valence-corrected chi connectivity index (χ0v) is 11.0. The van der Waals surface area contributed by atoms with Crippen molar-refractivity contribution in [1.82, 2.24) is 4.90 Å². The number of methoxy groups -OCH3 is 1. The van der Waals surface area contributed by atoms with Crippen molar-refractivity contribution in [2.45, 2.75) is 19.0 Å². The number of amides is 2. The third-order valence-corrected chi connectivity index (χ3v) is 3.17. The predicted octanol–water partition coefficient (Wildman–Crippen LogP) is 3.34. The van der Waals surface area contributed by atoms with Crippen LogP contribution >= 0.6 is 0 Å². The zero-order valence-electron chi connectivity index (χ0n) is 11.0. The van der Waals surface area contributed by atoms with Crippen molar-refractivity contribution in [3.05, 3.63) is 23.8 Å². The second-order valence-electron chi connectivity index (χ2n) is 4.53. The van der Waals surface area contributed by atoms with E-state index in [1.165, 1.54) is 24.1 Å². The van der Waals surface area contributed by atoms with Gasteiger partial charge >= 0.3 is 12.2 Å². The second kappa shape index (κ2) is 5.60. The van der Waals surface area contributed by atoms with Crippen molar-refractivity contribution in [1.29, 1.82) is 0 Å². The third kappa shape index (κ3) is 3.15. The van der Waals surface area contributed by atoms with E-state index >= 15 is 0 Å². The number of anilines is 1. The van der Waals surface area contributed by atoms with Crippen LogP contribution in [0, 0.1) is 0 Å². The molecule has 0 spiro atoms. The summed E-state index contributed by atoms with van der Waals surface area (Å²) in [5.74, 6) is 0.0940. The van der Waals surface area contributed by atoms with Crippen molar-refractivity contribution in [3.63, 3.8) is 0 Å². The van der Waals surface area contributed by atoms with E-state index in [-0.39, 0.29) is 11.4 Å². The summed E-state index contributed by atoms with van der Waals surface area (Å²) in [7, 11) is 1.29. The minimum absolute atomic E-state index is 0.0940. The van der Waals surface area contributed by atoms with E-state index in [4.69, 9.17) is 4.74 Å². The number of urea groups is 1. The van der Waals surface area contributed by atoms with Crippen molar-refractivity contribution in [2.75, 3.05) is 25.5 Å². The number of halogens is 3. The van der Waals surface area contributed by atoms with E-state index in [1.54, 1.807) is 0 Å². The number of nitrogens with zero attached hydrogens (tertiary/aromatic N) is 1. The van der Waals surface area contributed by atoms with Crippen molar-refractivity contribution in [3.8, 4) is 5.75 Å². The molecule has 2 rings (SSSR count). The molecule has 0 aromatic heterocycles. The number of rotatable bonds is 2. The van der Waals surface area contributed by atoms with Crippen LogP contribution < -0.4 is 10.1 Å². The van der Waals surface area contributed by atoms with Gasteiger partial charge < -0.3 is 15.0 Å². The molecule has 0 aliphatic carbocycles. The van der Waals surface area contributed by atoms with Crippen LogP contribution in [0.4, 0.5) is 23.7 Å². The Labute approximate surface area is 114 Å². The number of ether oxygens (including phenoxy) is 1. The van der Waals surface area contributed by atoms with Gasteiger partial charge in [-0.2, -0.15) is 13.2 Å². The molecule has 20 heavy (non-hydrogen) atoms. The van der Waals surface area contributed by atoms with E-state index in [1.807, 2.05) is 0 Å². The maximum absolute atomic E-state index is 13.0. The summed E-state index contributed by atoms with van der Waals surface area (Å²) in [5, 5.41) is 2.32. The maximum atomic E-state index is 13.0. The highest BCUT2D eigenvalue weighted by Crippen LogP contribution is 2.37. The maximum Gasteiger partial charge on any atom is 0.418 e. The van der Waals surface area contributed by atoms with Gasteiger partial charge in [0.05, 0.1) is 18.4 Å². The largest absolute Gasteiger partial charge is 0.497 e. The van der Waals surface area contributed by atoms with Crippen LogP contribution in [0.5, 0.6) is 5.75 Å². The minimum atomic E-state index is -4.55. The lowest BCUT2D eigenvalue weighted by Crippen LogP contribution is -2.32. The Balaban J connectivity index is 2.24. The lowest BCUT2D eigenvalue weighted by atomic mass is 10.1. The molecule has 1 saturated heterocycles. The summed E-state index contributed by atoms with van der Waals surface area (Å²) in [6.45, 7) is 1.15. The van der Waals surface area contributed by atoms with Crippen molar-refractivity contribution in [2.24, 2.45) is 0 Å². The van der Waals surface area contributed by atoms with Crippen molar-refractivity contribution < 1.29 is 22.7 Å². The molecule has 1 N–H and O–H groups in total. The van der Waals surface area contributed by atoms with Crippen LogP contribution in [-0.2, 0) is 6.18 Å². The molecule has 1 aromatic carbocycles. The third-order valence-electron chi connectivity index (χ3n) is 3.17. The average Bonchev–Trinajstić information content (AvgIpc) is 2.91. The van der Waals surface area contributed by atoms with Gasteiger partial charge in [0, 0.05) is 13.1 Å². The Kier molecular flexibility index (Phi) is 4.06. The Morgan fingerprint density at radius 1 is 1.30 bits per heavy atom. The number of hydrogen-bond donors (Lipinski definition) is 1. The van der Waals surface area contributed by atoms with Gasteiger partial charge in [0.1, 0.15) is 5.75 Å². The summed E-state index contributed by atoms with van der Waals surface area (Å²) in [4.78, 5) is 13.4. The number of alkyl halides is 3. The zero-order chi connectivity index (χ0) is 14.8. The Morgan fingerprint density at radius 3 is 2.50 bits per heavy atom. The number of nitrogens with one attached hydrogen (secondary N) is 1. The SMILES string of the molecule is COc1ccc(NC(=O)N2CCCC2)c(C(F)(F)F)c1. The molecule has 2 amide bonds. The van der Waals surface area contributed by atoms with Gasteiger partial charge in [0.25, 0.3) is 0 Å². The van der Waals surface area contributed by atoms with E-state index in [9.17, 15) is 18.0 Å². The lowest BCUT2D eigenvalue weighted by molar-refractivity contribution is -0.137. The number of carbonyl (C=O) groups is 1. The quantitative estimate of drug-likeness (QED) is 0.906. The monoisotopic (exact) mass is 288 g/mol. The van der Waals surface area contributed by atoms with Crippen LogP contribution in [0.15, 0.2) is 18.2 Å². The van der Waals surface area contributed by atoms with Gasteiger partial charge in [-0.3, -0.25) is 0 Å². The highest BCUT2D eigenvalue weighted by Gasteiger charge is 2.35. The fourth-order valence-corrected chi connectivity index (χ4v) is 2.11. The van der Waals surface area contributed by atoms with Crippen LogP contribution in [0.2, 0.25) is 0 Å². The van der Waals surface area contributed by atoms with Gasteiger partial charge in [-0.05, 0) is 31.0 Å². The Hall–Kier alpha value is -1.92. The predicted molar refractivity (Wildman–Crippen MR) is 67.8 cm³/mol. The number of likely N-dealkylation sites (tertiary alicyclic amines) is 1. The lowest BCUT2D eigenvalue weighted by Gasteiger charge is -2.19. The molecule has 1 aliphatic heterocycles. The van der Waals surface area contributed by atoms with Gasteiger partial charge in [-0.1, -0.05) is 0 Å². The molecular formula is C13H15F3N2O2. The van der Waals surface area contributed by atoms with Crippen LogP contribution in [-0.4, -0.2) is 31.1 Å². The van der Waals surface area contributed by atoms with Gasteiger partial charge in [-0.15, -0.1) is 0 Å². The van der Waals surface area contributed by atoms with Gasteiger partial charge in [-0.25, -0.2) is 4.79 Å². The number of benzene rings is 1. The molecule has 1 fully saturated rings.